The first-order valence-electron chi connectivity index (χ1n) is 7.09. The molecule has 0 bridgehead atoms. The smallest absolute Gasteiger partial charge is 0.146 e. The zero-order valence-electron chi connectivity index (χ0n) is 12.4. The standard InChI is InChI=1S/C16H24O4/c1-11-14(16(11)20-10-18-3)15(17)12(2)19-9-13-7-5-4-6-8-13/h4-8,11-12,14-17H,9-10H2,1-3H3/t11?,12-,14?,15?,16?/m0/s1. The van der Waals surface area contributed by atoms with Gasteiger partial charge < -0.3 is 19.3 Å². The van der Waals surface area contributed by atoms with Crippen LogP contribution in [0.2, 0.25) is 0 Å². The maximum Gasteiger partial charge on any atom is 0.146 e. The van der Waals surface area contributed by atoms with Gasteiger partial charge in [0.05, 0.1) is 24.9 Å². The SMILES string of the molecule is COCOC1C(C)C1C(O)[C@H](C)OCc1ccccc1. The van der Waals surface area contributed by atoms with Gasteiger partial charge in [-0.1, -0.05) is 37.3 Å². The van der Waals surface area contributed by atoms with Gasteiger partial charge in [0.15, 0.2) is 0 Å². The number of hydrogen-bond donors (Lipinski definition) is 1. The fourth-order valence-electron chi connectivity index (χ4n) is 2.58. The van der Waals surface area contributed by atoms with Gasteiger partial charge in [0, 0.05) is 13.0 Å². The van der Waals surface area contributed by atoms with E-state index in [0.717, 1.165) is 5.56 Å². The second-order valence-electron chi connectivity index (χ2n) is 5.47. The highest BCUT2D eigenvalue weighted by molar-refractivity contribution is 5.13. The number of ether oxygens (including phenoxy) is 3. The quantitative estimate of drug-likeness (QED) is 0.742. The van der Waals surface area contributed by atoms with E-state index in [1.165, 1.54) is 0 Å². The molecule has 1 fully saturated rings. The number of aliphatic hydroxyl groups is 1. The summed E-state index contributed by atoms with van der Waals surface area (Å²) in [7, 11) is 1.60. The van der Waals surface area contributed by atoms with E-state index >= 15 is 0 Å². The highest BCUT2D eigenvalue weighted by Crippen LogP contribution is 2.45. The third-order valence-electron chi connectivity index (χ3n) is 3.97. The molecule has 4 nitrogen and oxygen atoms in total. The molecule has 0 aromatic heterocycles. The largest absolute Gasteiger partial charge is 0.390 e. The Kier molecular flexibility index (Phi) is 5.54. The summed E-state index contributed by atoms with van der Waals surface area (Å²) >= 11 is 0. The lowest BCUT2D eigenvalue weighted by atomic mass is 10.1. The lowest BCUT2D eigenvalue weighted by molar-refractivity contribution is -0.0737. The van der Waals surface area contributed by atoms with Crippen molar-refractivity contribution in [1.29, 1.82) is 0 Å². The average Bonchev–Trinajstić information content (AvgIpc) is 3.12. The predicted molar refractivity (Wildman–Crippen MR) is 76.1 cm³/mol. The van der Waals surface area contributed by atoms with Gasteiger partial charge in [0.25, 0.3) is 0 Å². The molecule has 20 heavy (non-hydrogen) atoms. The first-order valence-corrected chi connectivity index (χ1v) is 7.09. The summed E-state index contributed by atoms with van der Waals surface area (Å²) in [5.74, 6) is 0.485. The molecule has 1 saturated carbocycles. The minimum atomic E-state index is -0.504. The van der Waals surface area contributed by atoms with Crippen LogP contribution in [0.15, 0.2) is 30.3 Å². The highest BCUT2D eigenvalue weighted by atomic mass is 16.7. The normalized spacial score (nSPS) is 28.1. The van der Waals surface area contributed by atoms with Crippen LogP contribution < -0.4 is 0 Å². The molecule has 0 aliphatic heterocycles. The second-order valence-corrected chi connectivity index (χ2v) is 5.47. The van der Waals surface area contributed by atoms with E-state index in [9.17, 15) is 5.11 Å². The number of benzene rings is 1. The monoisotopic (exact) mass is 280 g/mol. The molecule has 4 heteroatoms. The van der Waals surface area contributed by atoms with E-state index in [1.807, 2.05) is 37.3 Å². The zero-order valence-corrected chi connectivity index (χ0v) is 12.4. The van der Waals surface area contributed by atoms with Crippen molar-refractivity contribution in [3.8, 4) is 0 Å². The first-order chi connectivity index (χ1) is 9.65. The predicted octanol–water partition coefficient (Wildman–Crippen LogP) is 2.21. The number of aliphatic hydroxyl groups excluding tert-OH is 1. The molecule has 0 amide bonds. The topological polar surface area (TPSA) is 47.9 Å². The van der Waals surface area contributed by atoms with Crippen LogP contribution in [-0.2, 0) is 20.8 Å². The maximum atomic E-state index is 10.3. The van der Waals surface area contributed by atoms with Crippen LogP contribution >= 0.6 is 0 Å². The van der Waals surface area contributed by atoms with Crippen LogP contribution in [-0.4, -0.2) is 37.3 Å². The summed E-state index contributed by atoms with van der Waals surface area (Å²) in [6, 6.07) is 9.98. The molecule has 0 spiro atoms. The Morgan fingerprint density at radius 3 is 2.60 bits per heavy atom. The van der Waals surface area contributed by atoms with E-state index in [-0.39, 0.29) is 24.9 Å². The Morgan fingerprint density at radius 1 is 1.25 bits per heavy atom. The van der Waals surface area contributed by atoms with Gasteiger partial charge in [0.2, 0.25) is 0 Å². The minimum absolute atomic E-state index is 0.0766. The summed E-state index contributed by atoms with van der Waals surface area (Å²) < 4.78 is 16.2. The molecule has 1 aromatic rings. The molecular formula is C16H24O4. The van der Waals surface area contributed by atoms with Crippen LogP contribution in [0.5, 0.6) is 0 Å². The van der Waals surface area contributed by atoms with Crippen LogP contribution in [0.4, 0.5) is 0 Å². The van der Waals surface area contributed by atoms with E-state index in [0.29, 0.717) is 12.5 Å². The fourth-order valence-corrected chi connectivity index (χ4v) is 2.58. The van der Waals surface area contributed by atoms with Crippen LogP contribution in [0.3, 0.4) is 0 Å². The first kappa shape index (κ1) is 15.4. The fraction of sp³-hybridized carbons (Fsp3) is 0.625. The van der Waals surface area contributed by atoms with Gasteiger partial charge in [-0.2, -0.15) is 0 Å². The Labute approximate surface area is 120 Å². The number of rotatable bonds is 8. The van der Waals surface area contributed by atoms with E-state index in [1.54, 1.807) is 7.11 Å². The molecule has 1 aliphatic carbocycles. The molecule has 0 heterocycles. The van der Waals surface area contributed by atoms with Crippen LogP contribution in [0.1, 0.15) is 19.4 Å². The van der Waals surface area contributed by atoms with Crippen molar-refractivity contribution in [2.75, 3.05) is 13.9 Å². The summed E-state index contributed by atoms with van der Waals surface area (Å²) in [6.07, 6.45) is -0.637. The van der Waals surface area contributed by atoms with Crippen molar-refractivity contribution in [2.45, 2.75) is 38.8 Å². The molecule has 1 aromatic carbocycles. The van der Waals surface area contributed by atoms with E-state index in [4.69, 9.17) is 14.2 Å². The zero-order chi connectivity index (χ0) is 14.5. The number of hydrogen-bond acceptors (Lipinski definition) is 4. The molecular weight excluding hydrogens is 256 g/mol. The van der Waals surface area contributed by atoms with Gasteiger partial charge in [-0.15, -0.1) is 0 Å². The average molecular weight is 280 g/mol. The lowest BCUT2D eigenvalue weighted by Gasteiger charge is -2.20. The van der Waals surface area contributed by atoms with Crippen molar-refractivity contribution >= 4 is 0 Å². The van der Waals surface area contributed by atoms with Crippen molar-refractivity contribution in [1.82, 2.24) is 0 Å². The van der Waals surface area contributed by atoms with Gasteiger partial charge >= 0.3 is 0 Å². The third kappa shape index (κ3) is 3.79. The van der Waals surface area contributed by atoms with Gasteiger partial charge in [-0.25, -0.2) is 0 Å². The summed E-state index contributed by atoms with van der Waals surface area (Å²) in [5, 5.41) is 10.3. The van der Waals surface area contributed by atoms with Crippen LogP contribution in [0.25, 0.3) is 0 Å². The van der Waals surface area contributed by atoms with Crippen molar-refractivity contribution in [3.63, 3.8) is 0 Å². The second kappa shape index (κ2) is 7.18. The molecule has 0 radical (unpaired) electrons. The summed E-state index contributed by atoms with van der Waals surface area (Å²) in [4.78, 5) is 0. The summed E-state index contributed by atoms with van der Waals surface area (Å²) in [5.41, 5.74) is 1.11. The minimum Gasteiger partial charge on any atom is -0.390 e. The van der Waals surface area contributed by atoms with Gasteiger partial charge in [-0.05, 0) is 18.4 Å². The van der Waals surface area contributed by atoms with Gasteiger partial charge in [-0.3, -0.25) is 0 Å². The highest BCUT2D eigenvalue weighted by Gasteiger charge is 2.53. The molecule has 1 aliphatic rings. The van der Waals surface area contributed by atoms with E-state index < -0.39 is 6.10 Å². The Bertz CT molecular complexity index is 395. The van der Waals surface area contributed by atoms with Crippen LogP contribution in [0, 0.1) is 11.8 Å². The molecule has 0 saturated heterocycles. The van der Waals surface area contributed by atoms with Crippen molar-refractivity contribution in [2.24, 2.45) is 11.8 Å². The van der Waals surface area contributed by atoms with Crippen molar-refractivity contribution < 1.29 is 19.3 Å². The molecule has 1 N–H and O–H groups in total. The third-order valence-corrected chi connectivity index (χ3v) is 3.97. The Balaban J connectivity index is 1.76. The van der Waals surface area contributed by atoms with Gasteiger partial charge in [0.1, 0.15) is 6.79 Å². The molecule has 4 unspecified atom stereocenters. The van der Waals surface area contributed by atoms with E-state index in [2.05, 4.69) is 6.92 Å². The maximum absolute atomic E-state index is 10.3. The Hall–Kier alpha value is -0.940. The lowest BCUT2D eigenvalue weighted by Crippen LogP contribution is -2.29. The molecule has 2 rings (SSSR count). The number of methoxy groups -OCH3 is 1. The molecule has 112 valence electrons. The van der Waals surface area contributed by atoms with Crippen molar-refractivity contribution in [3.05, 3.63) is 35.9 Å². The molecule has 5 atom stereocenters. The Morgan fingerprint density at radius 2 is 1.95 bits per heavy atom. The summed E-state index contributed by atoms with van der Waals surface area (Å²) in [6.45, 7) is 4.78.